The summed E-state index contributed by atoms with van der Waals surface area (Å²) in [5.74, 6) is 0.444. The normalized spacial score (nSPS) is 15.2. The summed E-state index contributed by atoms with van der Waals surface area (Å²) in [6.07, 6.45) is -0.363. The molecule has 0 aliphatic carbocycles. The molecule has 0 bridgehead atoms. The van der Waals surface area contributed by atoms with E-state index in [0.717, 1.165) is 13.1 Å². The molecule has 27 heavy (non-hydrogen) atoms. The average Bonchev–Trinajstić information content (AvgIpc) is 2.62. The van der Waals surface area contributed by atoms with E-state index >= 15 is 0 Å². The van der Waals surface area contributed by atoms with E-state index in [9.17, 15) is 13.2 Å². The van der Waals surface area contributed by atoms with E-state index < -0.39 is 16.2 Å². The Morgan fingerprint density at radius 3 is 2.70 bits per heavy atom. The van der Waals surface area contributed by atoms with Crippen LogP contribution in [0.4, 0.5) is 10.5 Å². The zero-order chi connectivity index (χ0) is 19.7. The van der Waals surface area contributed by atoms with Crippen LogP contribution in [0.1, 0.15) is 13.3 Å². The second-order valence-corrected chi connectivity index (χ2v) is 7.72. The lowest BCUT2D eigenvalue weighted by atomic mass is 10.3. The van der Waals surface area contributed by atoms with Gasteiger partial charge in [-0.15, -0.1) is 0 Å². The molecule has 1 aromatic rings. The fraction of sp³-hybridized carbons (Fsp3) is 0.588. The van der Waals surface area contributed by atoms with Crippen LogP contribution in [0.3, 0.4) is 0 Å². The number of benzene rings is 1. The summed E-state index contributed by atoms with van der Waals surface area (Å²) in [6.45, 7) is 5.50. The minimum absolute atomic E-state index is 0.0313. The number of hydrogen-bond donors (Lipinski definition) is 1. The van der Waals surface area contributed by atoms with Gasteiger partial charge in [0.2, 0.25) is 10.0 Å². The van der Waals surface area contributed by atoms with Gasteiger partial charge in [-0.25, -0.2) is 13.2 Å². The number of methoxy groups -OCH3 is 1. The van der Waals surface area contributed by atoms with Crippen LogP contribution in [0.25, 0.3) is 0 Å². The molecule has 1 saturated heterocycles. The first kappa shape index (κ1) is 21.3. The first-order valence-corrected chi connectivity index (χ1v) is 10.4. The number of carbonyl (C=O) groups excluding carboxylic acids is 1. The first-order chi connectivity index (χ1) is 12.9. The number of rotatable bonds is 9. The molecule has 0 saturated carbocycles. The van der Waals surface area contributed by atoms with Gasteiger partial charge in [0.15, 0.2) is 0 Å². The lowest BCUT2D eigenvalue weighted by Crippen LogP contribution is -2.37. The molecule has 1 heterocycles. The molecule has 0 atom stereocenters. The number of sulfonamides is 1. The molecule has 0 aromatic heterocycles. The molecular formula is C17H26N2O7S. The van der Waals surface area contributed by atoms with Gasteiger partial charge in [0.25, 0.3) is 0 Å². The SMILES string of the molecule is CCOC(=O)Oc1ccc(OC)c(NS(=O)(=O)CCCN2CCOCC2)c1. The van der Waals surface area contributed by atoms with Crippen molar-refractivity contribution in [1.29, 1.82) is 0 Å². The van der Waals surface area contributed by atoms with E-state index in [2.05, 4.69) is 9.62 Å². The maximum Gasteiger partial charge on any atom is 0.513 e. The van der Waals surface area contributed by atoms with Crippen LogP contribution in [0, 0.1) is 0 Å². The molecule has 152 valence electrons. The van der Waals surface area contributed by atoms with Crippen LogP contribution in [0.2, 0.25) is 0 Å². The Hall–Kier alpha value is -2.04. The molecule has 10 heteroatoms. The van der Waals surface area contributed by atoms with Crippen LogP contribution in [-0.4, -0.2) is 71.8 Å². The van der Waals surface area contributed by atoms with Crippen molar-refractivity contribution >= 4 is 21.9 Å². The predicted molar refractivity (Wildman–Crippen MR) is 99.9 cm³/mol. The van der Waals surface area contributed by atoms with Gasteiger partial charge in [-0.3, -0.25) is 9.62 Å². The van der Waals surface area contributed by atoms with Crippen molar-refractivity contribution in [3.05, 3.63) is 18.2 Å². The van der Waals surface area contributed by atoms with Crippen molar-refractivity contribution in [2.24, 2.45) is 0 Å². The molecule has 1 aliphatic rings. The summed E-state index contributed by atoms with van der Waals surface area (Å²) in [5.41, 5.74) is 0.200. The lowest BCUT2D eigenvalue weighted by Gasteiger charge is -2.26. The molecule has 0 amide bonds. The van der Waals surface area contributed by atoms with Gasteiger partial charge in [-0.05, 0) is 32.0 Å². The maximum absolute atomic E-state index is 12.4. The van der Waals surface area contributed by atoms with E-state index in [1.54, 1.807) is 6.92 Å². The third kappa shape index (κ3) is 7.24. The Balaban J connectivity index is 1.96. The molecule has 2 rings (SSSR count). The number of hydrogen-bond acceptors (Lipinski definition) is 8. The lowest BCUT2D eigenvalue weighted by molar-refractivity contribution is 0.0381. The monoisotopic (exact) mass is 402 g/mol. The summed E-state index contributed by atoms with van der Waals surface area (Å²) < 4.78 is 47.5. The van der Waals surface area contributed by atoms with Gasteiger partial charge in [0.05, 0.1) is 38.4 Å². The van der Waals surface area contributed by atoms with Crippen molar-refractivity contribution < 1.29 is 32.2 Å². The van der Waals surface area contributed by atoms with Crippen LogP contribution < -0.4 is 14.2 Å². The zero-order valence-corrected chi connectivity index (χ0v) is 16.4. The second kappa shape index (κ2) is 10.3. The van der Waals surface area contributed by atoms with Gasteiger partial charge in [-0.1, -0.05) is 0 Å². The maximum atomic E-state index is 12.4. The summed E-state index contributed by atoms with van der Waals surface area (Å²) in [4.78, 5) is 13.6. The van der Waals surface area contributed by atoms with E-state index in [1.165, 1.54) is 25.3 Å². The van der Waals surface area contributed by atoms with Gasteiger partial charge in [0.1, 0.15) is 11.5 Å². The highest BCUT2D eigenvalue weighted by atomic mass is 32.2. The highest BCUT2D eigenvalue weighted by Crippen LogP contribution is 2.30. The summed E-state index contributed by atoms with van der Waals surface area (Å²) in [6, 6.07) is 4.39. The minimum atomic E-state index is -3.58. The van der Waals surface area contributed by atoms with Gasteiger partial charge in [0, 0.05) is 19.2 Å². The smallest absolute Gasteiger partial charge is 0.495 e. The fourth-order valence-electron chi connectivity index (χ4n) is 2.60. The number of carbonyl (C=O) groups is 1. The molecule has 1 aliphatic heterocycles. The highest BCUT2D eigenvalue weighted by Gasteiger charge is 2.17. The van der Waals surface area contributed by atoms with Gasteiger partial charge in [-0.2, -0.15) is 0 Å². The molecule has 1 fully saturated rings. The summed E-state index contributed by atoms with van der Waals surface area (Å²) in [7, 11) is -2.16. The number of nitrogens with zero attached hydrogens (tertiary/aromatic N) is 1. The van der Waals surface area contributed by atoms with Crippen molar-refractivity contribution in [2.75, 3.05) is 57.0 Å². The molecule has 0 spiro atoms. The van der Waals surface area contributed by atoms with Crippen LogP contribution >= 0.6 is 0 Å². The molecule has 9 nitrogen and oxygen atoms in total. The van der Waals surface area contributed by atoms with E-state index in [4.69, 9.17) is 18.9 Å². The fourth-order valence-corrected chi connectivity index (χ4v) is 3.70. The molecular weight excluding hydrogens is 376 g/mol. The molecule has 0 unspecified atom stereocenters. The number of anilines is 1. The second-order valence-electron chi connectivity index (χ2n) is 5.88. The largest absolute Gasteiger partial charge is 0.513 e. The number of morpholine rings is 1. The van der Waals surface area contributed by atoms with Crippen molar-refractivity contribution in [2.45, 2.75) is 13.3 Å². The van der Waals surface area contributed by atoms with E-state index in [-0.39, 0.29) is 23.8 Å². The number of ether oxygens (including phenoxy) is 4. The Kier molecular flexibility index (Phi) is 8.14. The highest BCUT2D eigenvalue weighted by molar-refractivity contribution is 7.92. The van der Waals surface area contributed by atoms with Crippen molar-refractivity contribution in [3.63, 3.8) is 0 Å². The molecule has 1 N–H and O–H groups in total. The van der Waals surface area contributed by atoms with Gasteiger partial charge < -0.3 is 18.9 Å². The average molecular weight is 402 g/mol. The Morgan fingerprint density at radius 1 is 1.30 bits per heavy atom. The minimum Gasteiger partial charge on any atom is -0.495 e. The Morgan fingerprint density at radius 2 is 2.04 bits per heavy atom. The Labute approximate surface area is 159 Å². The van der Waals surface area contributed by atoms with Crippen molar-refractivity contribution in [3.8, 4) is 11.5 Å². The Bertz CT molecular complexity index is 718. The van der Waals surface area contributed by atoms with Crippen LogP contribution in [0.5, 0.6) is 11.5 Å². The third-order valence-electron chi connectivity index (χ3n) is 3.89. The predicted octanol–water partition coefficient (Wildman–Crippen LogP) is 1.69. The van der Waals surface area contributed by atoms with Crippen LogP contribution in [-0.2, 0) is 19.5 Å². The zero-order valence-electron chi connectivity index (χ0n) is 15.6. The summed E-state index contributed by atoms with van der Waals surface area (Å²) >= 11 is 0. The molecule has 1 aromatic carbocycles. The standard InChI is InChI=1S/C17H26N2O7S/c1-3-25-17(20)26-14-5-6-16(23-2)15(13-14)18-27(21,22)12-4-7-19-8-10-24-11-9-19/h5-6,13,18H,3-4,7-12H2,1-2H3. The van der Waals surface area contributed by atoms with Crippen molar-refractivity contribution in [1.82, 2.24) is 4.90 Å². The molecule has 0 radical (unpaired) electrons. The van der Waals surface area contributed by atoms with Crippen LogP contribution in [0.15, 0.2) is 18.2 Å². The summed E-state index contributed by atoms with van der Waals surface area (Å²) in [5, 5.41) is 0. The van der Waals surface area contributed by atoms with E-state index in [1.807, 2.05) is 0 Å². The first-order valence-electron chi connectivity index (χ1n) is 8.76. The number of nitrogens with one attached hydrogen (secondary N) is 1. The quantitative estimate of drug-likeness (QED) is 0.492. The van der Waals surface area contributed by atoms with E-state index in [0.29, 0.717) is 31.9 Å². The topological polar surface area (TPSA) is 103 Å². The third-order valence-corrected chi connectivity index (χ3v) is 5.25. The van der Waals surface area contributed by atoms with Gasteiger partial charge >= 0.3 is 6.16 Å².